The number of nitrogens with zero attached hydrogens (tertiary/aromatic N) is 1. The molecule has 1 N–H and O–H groups in total. The molecule has 1 atom stereocenters. The van der Waals surface area contributed by atoms with Crippen LogP contribution >= 0.6 is 0 Å². The zero-order chi connectivity index (χ0) is 14.4. The maximum atomic E-state index is 11.7. The van der Waals surface area contributed by atoms with E-state index in [1.54, 1.807) is 0 Å². The summed E-state index contributed by atoms with van der Waals surface area (Å²) in [5, 5.41) is 9.60. The SMILES string of the molecule is CCCC1(C(=O)O)CCCN1CCOc1ccccc1. The number of likely N-dealkylation sites (tertiary alicyclic amines) is 1. The first-order valence-corrected chi connectivity index (χ1v) is 7.35. The molecule has 0 aromatic heterocycles. The maximum Gasteiger partial charge on any atom is 0.324 e. The number of ether oxygens (including phenoxy) is 1. The van der Waals surface area contributed by atoms with E-state index in [2.05, 4.69) is 4.90 Å². The predicted molar refractivity (Wildman–Crippen MR) is 78.0 cm³/mol. The number of para-hydroxylation sites is 1. The van der Waals surface area contributed by atoms with Crippen LogP contribution < -0.4 is 4.74 Å². The molecule has 20 heavy (non-hydrogen) atoms. The molecule has 1 unspecified atom stereocenters. The van der Waals surface area contributed by atoms with E-state index in [1.165, 1.54) is 0 Å². The van der Waals surface area contributed by atoms with Gasteiger partial charge in [0.2, 0.25) is 0 Å². The fraction of sp³-hybridized carbons (Fsp3) is 0.562. The molecular formula is C16H23NO3. The second-order valence-electron chi connectivity index (χ2n) is 5.34. The molecule has 0 bridgehead atoms. The standard InChI is InChI=1S/C16H23NO3/c1-2-9-16(15(18)19)10-6-11-17(16)12-13-20-14-7-4-3-5-8-14/h3-5,7-8H,2,6,9-13H2,1H3,(H,18,19). The molecular weight excluding hydrogens is 254 g/mol. The van der Waals surface area contributed by atoms with Gasteiger partial charge in [0, 0.05) is 6.54 Å². The highest BCUT2D eigenvalue weighted by atomic mass is 16.5. The van der Waals surface area contributed by atoms with Crippen molar-refractivity contribution in [2.75, 3.05) is 19.7 Å². The van der Waals surface area contributed by atoms with E-state index in [4.69, 9.17) is 4.74 Å². The molecule has 1 aromatic carbocycles. The molecule has 1 aliphatic heterocycles. The van der Waals surface area contributed by atoms with Crippen LogP contribution in [0.15, 0.2) is 30.3 Å². The van der Waals surface area contributed by atoms with Gasteiger partial charge in [-0.2, -0.15) is 0 Å². The van der Waals surface area contributed by atoms with Crippen molar-refractivity contribution in [3.63, 3.8) is 0 Å². The smallest absolute Gasteiger partial charge is 0.324 e. The number of carbonyl (C=O) groups is 1. The molecule has 0 aliphatic carbocycles. The summed E-state index contributed by atoms with van der Waals surface area (Å²) in [7, 11) is 0. The Morgan fingerprint density at radius 2 is 2.15 bits per heavy atom. The lowest BCUT2D eigenvalue weighted by molar-refractivity contribution is -0.150. The number of rotatable bonds is 7. The van der Waals surface area contributed by atoms with E-state index in [0.717, 1.165) is 31.6 Å². The number of hydrogen-bond donors (Lipinski definition) is 1. The minimum absolute atomic E-state index is 0.531. The monoisotopic (exact) mass is 277 g/mol. The third kappa shape index (κ3) is 3.12. The summed E-state index contributed by atoms with van der Waals surface area (Å²) in [4.78, 5) is 13.8. The summed E-state index contributed by atoms with van der Waals surface area (Å²) >= 11 is 0. The summed E-state index contributed by atoms with van der Waals surface area (Å²) < 4.78 is 5.68. The normalized spacial score (nSPS) is 22.9. The summed E-state index contributed by atoms with van der Waals surface area (Å²) in [6, 6.07) is 9.65. The summed E-state index contributed by atoms with van der Waals surface area (Å²) in [5.74, 6) is 0.152. The zero-order valence-electron chi connectivity index (χ0n) is 12.0. The van der Waals surface area contributed by atoms with Crippen LogP contribution in [0.5, 0.6) is 5.75 Å². The van der Waals surface area contributed by atoms with Crippen LogP contribution in [0, 0.1) is 0 Å². The number of carboxylic acids is 1. The number of hydrogen-bond acceptors (Lipinski definition) is 3. The highest BCUT2D eigenvalue weighted by molar-refractivity contribution is 5.79. The van der Waals surface area contributed by atoms with Crippen LogP contribution in [-0.2, 0) is 4.79 Å². The van der Waals surface area contributed by atoms with Crippen molar-refractivity contribution in [2.24, 2.45) is 0 Å². The molecule has 0 spiro atoms. The van der Waals surface area contributed by atoms with Gasteiger partial charge in [0.05, 0.1) is 0 Å². The van der Waals surface area contributed by atoms with Gasteiger partial charge in [0.1, 0.15) is 17.9 Å². The van der Waals surface area contributed by atoms with E-state index in [0.29, 0.717) is 19.6 Å². The van der Waals surface area contributed by atoms with Crippen LogP contribution in [-0.4, -0.2) is 41.2 Å². The number of benzene rings is 1. The van der Waals surface area contributed by atoms with Gasteiger partial charge in [-0.05, 0) is 37.9 Å². The fourth-order valence-corrected chi connectivity index (χ4v) is 3.10. The molecule has 1 aliphatic rings. The predicted octanol–water partition coefficient (Wildman–Crippen LogP) is 2.78. The molecule has 0 saturated carbocycles. The van der Waals surface area contributed by atoms with E-state index in [-0.39, 0.29) is 0 Å². The lowest BCUT2D eigenvalue weighted by Gasteiger charge is -2.34. The van der Waals surface area contributed by atoms with E-state index in [1.807, 2.05) is 37.3 Å². The highest BCUT2D eigenvalue weighted by Gasteiger charge is 2.46. The van der Waals surface area contributed by atoms with E-state index in [9.17, 15) is 9.90 Å². The molecule has 0 radical (unpaired) electrons. The van der Waals surface area contributed by atoms with Crippen LogP contribution in [0.2, 0.25) is 0 Å². The van der Waals surface area contributed by atoms with Crippen molar-refractivity contribution >= 4 is 5.97 Å². The fourth-order valence-electron chi connectivity index (χ4n) is 3.10. The van der Waals surface area contributed by atoms with Gasteiger partial charge >= 0.3 is 5.97 Å². The lowest BCUT2D eigenvalue weighted by atomic mass is 9.91. The minimum atomic E-state index is -0.684. The molecule has 4 nitrogen and oxygen atoms in total. The van der Waals surface area contributed by atoms with Crippen LogP contribution in [0.4, 0.5) is 0 Å². The Balaban J connectivity index is 1.92. The van der Waals surface area contributed by atoms with Crippen molar-refractivity contribution in [3.8, 4) is 5.75 Å². The molecule has 1 aromatic rings. The van der Waals surface area contributed by atoms with Crippen molar-refractivity contribution in [3.05, 3.63) is 30.3 Å². The largest absolute Gasteiger partial charge is 0.492 e. The summed E-state index contributed by atoms with van der Waals surface area (Å²) in [6.07, 6.45) is 3.31. The highest BCUT2D eigenvalue weighted by Crippen LogP contribution is 2.33. The number of carboxylic acid groups (broad SMARTS) is 1. The molecule has 1 heterocycles. The Labute approximate surface area is 120 Å². The molecule has 1 fully saturated rings. The van der Waals surface area contributed by atoms with Crippen molar-refractivity contribution < 1.29 is 14.6 Å². The summed E-state index contributed by atoms with van der Waals surface area (Å²) in [6.45, 7) is 4.09. The molecule has 2 rings (SSSR count). The third-order valence-electron chi connectivity index (χ3n) is 4.06. The Kier molecular flexibility index (Phi) is 5.01. The van der Waals surface area contributed by atoms with Crippen LogP contribution in [0.3, 0.4) is 0 Å². The van der Waals surface area contributed by atoms with Gasteiger partial charge < -0.3 is 9.84 Å². The quantitative estimate of drug-likeness (QED) is 0.832. The summed E-state index contributed by atoms with van der Waals surface area (Å²) in [5.41, 5.74) is -0.672. The third-order valence-corrected chi connectivity index (χ3v) is 4.06. The first-order valence-electron chi connectivity index (χ1n) is 7.35. The van der Waals surface area contributed by atoms with Crippen LogP contribution in [0.1, 0.15) is 32.6 Å². The van der Waals surface area contributed by atoms with Gasteiger partial charge in [-0.3, -0.25) is 9.69 Å². The van der Waals surface area contributed by atoms with E-state index < -0.39 is 11.5 Å². The van der Waals surface area contributed by atoms with E-state index >= 15 is 0 Å². The van der Waals surface area contributed by atoms with Gasteiger partial charge in [-0.1, -0.05) is 31.5 Å². The Morgan fingerprint density at radius 3 is 2.80 bits per heavy atom. The van der Waals surface area contributed by atoms with Gasteiger partial charge in [0.15, 0.2) is 0 Å². The Hall–Kier alpha value is -1.55. The maximum absolute atomic E-state index is 11.7. The van der Waals surface area contributed by atoms with Crippen molar-refractivity contribution in [2.45, 2.75) is 38.1 Å². The second kappa shape index (κ2) is 6.75. The van der Waals surface area contributed by atoms with Gasteiger partial charge in [-0.25, -0.2) is 0 Å². The molecule has 110 valence electrons. The Bertz CT molecular complexity index is 435. The topological polar surface area (TPSA) is 49.8 Å². The first kappa shape index (κ1) is 14.9. The molecule has 0 amide bonds. The van der Waals surface area contributed by atoms with Crippen LogP contribution in [0.25, 0.3) is 0 Å². The molecule has 4 heteroatoms. The number of aliphatic carboxylic acids is 1. The average molecular weight is 277 g/mol. The van der Waals surface area contributed by atoms with Crippen molar-refractivity contribution in [1.29, 1.82) is 0 Å². The lowest BCUT2D eigenvalue weighted by Crippen LogP contribution is -2.51. The molecule has 1 saturated heterocycles. The van der Waals surface area contributed by atoms with Gasteiger partial charge in [0.25, 0.3) is 0 Å². The zero-order valence-corrected chi connectivity index (χ0v) is 12.0. The van der Waals surface area contributed by atoms with Crippen molar-refractivity contribution in [1.82, 2.24) is 4.90 Å². The Morgan fingerprint density at radius 1 is 1.40 bits per heavy atom. The van der Waals surface area contributed by atoms with Gasteiger partial charge in [-0.15, -0.1) is 0 Å². The first-order chi connectivity index (χ1) is 9.69. The minimum Gasteiger partial charge on any atom is -0.492 e. The average Bonchev–Trinajstić information content (AvgIpc) is 2.85. The second-order valence-corrected chi connectivity index (χ2v) is 5.34.